The predicted octanol–water partition coefficient (Wildman–Crippen LogP) is 3.19. The standard InChI is InChI=1S/C21H21F3N4O2/c1-12-5-4-6-14(7-12)27(3)20(30)18-9-15(29)11-28(18)19-16(10-25)17(21(22,23)24)8-13(2)26-19/h4-8,15,18,29H,9,11H2,1-3H3. The summed E-state index contributed by atoms with van der Waals surface area (Å²) >= 11 is 0. The quantitative estimate of drug-likeness (QED) is 0.828. The van der Waals surface area contributed by atoms with Crippen molar-refractivity contribution in [1.82, 2.24) is 4.98 Å². The third kappa shape index (κ3) is 4.09. The lowest BCUT2D eigenvalue weighted by molar-refractivity contribution is -0.137. The SMILES string of the molecule is Cc1cccc(N(C)C(=O)C2CC(O)CN2c2nc(C)cc(C(F)(F)F)c2C#N)c1. The van der Waals surface area contributed by atoms with E-state index >= 15 is 0 Å². The smallest absolute Gasteiger partial charge is 0.391 e. The molecule has 1 aromatic carbocycles. The first-order valence-electron chi connectivity index (χ1n) is 9.30. The summed E-state index contributed by atoms with van der Waals surface area (Å²) in [4.78, 5) is 20.0. The lowest BCUT2D eigenvalue weighted by Crippen LogP contribution is -2.45. The number of alkyl halides is 3. The van der Waals surface area contributed by atoms with Crippen LogP contribution in [0.4, 0.5) is 24.7 Å². The topological polar surface area (TPSA) is 80.5 Å². The number of aromatic nitrogens is 1. The number of nitrogens with zero attached hydrogens (tertiary/aromatic N) is 4. The second kappa shape index (κ2) is 7.95. The van der Waals surface area contributed by atoms with E-state index in [1.165, 1.54) is 16.7 Å². The number of benzene rings is 1. The number of rotatable bonds is 3. The highest BCUT2D eigenvalue weighted by molar-refractivity contribution is 5.99. The molecule has 1 N–H and O–H groups in total. The van der Waals surface area contributed by atoms with Gasteiger partial charge in [0, 0.05) is 31.4 Å². The summed E-state index contributed by atoms with van der Waals surface area (Å²) in [5.74, 6) is -0.643. The Bertz CT molecular complexity index is 1020. The van der Waals surface area contributed by atoms with Gasteiger partial charge in [-0.05, 0) is 37.6 Å². The number of amides is 1. The summed E-state index contributed by atoms with van der Waals surface area (Å²) in [5, 5.41) is 19.6. The van der Waals surface area contributed by atoms with Gasteiger partial charge in [-0.15, -0.1) is 0 Å². The third-order valence-electron chi connectivity index (χ3n) is 5.10. The number of carbonyl (C=O) groups is 1. The molecule has 3 rings (SSSR count). The van der Waals surface area contributed by atoms with Crippen molar-refractivity contribution >= 4 is 17.4 Å². The Hall–Kier alpha value is -3.12. The largest absolute Gasteiger partial charge is 0.417 e. The van der Waals surface area contributed by atoms with Gasteiger partial charge in [0.15, 0.2) is 0 Å². The fourth-order valence-corrected chi connectivity index (χ4v) is 3.67. The lowest BCUT2D eigenvalue weighted by atomic mass is 10.1. The van der Waals surface area contributed by atoms with E-state index in [1.54, 1.807) is 31.3 Å². The molecule has 1 saturated heterocycles. The van der Waals surface area contributed by atoms with Crippen LogP contribution in [0.5, 0.6) is 0 Å². The average Bonchev–Trinajstić information content (AvgIpc) is 3.07. The first kappa shape index (κ1) is 21.6. The highest BCUT2D eigenvalue weighted by atomic mass is 19.4. The Morgan fingerprint density at radius 1 is 1.33 bits per heavy atom. The molecule has 2 unspecified atom stereocenters. The minimum atomic E-state index is -4.75. The second-order valence-electron chi connectivity index (χ2n) is 7.41. The molecule has 9 heteroatoms. The van der Waals surface area contributed by atoms with Gasteiger partial charge < -0.3 is 14.9 Å². The van der Waals surface area contributed by atoms with Crippen molar-refractivity contribution in [3.63, 3.8) is 0 Å². The third-order valence-corrected chi connectivity index (χ3v) is 5.10. The Morgan fingerprint density at radius 2 is 2.03 bits per heavy atom. The second-order valence-corrected chi connectivity index (χ2v) is 7.41. The van der Waals surface area contributed by atoms with Gasteiger partial charge in [0.2, 0.25) is 5.91 Å². The molecule has 2 aromatic rings. The molecule has 30 heavy (non-hydrogen) atoms. The molecule has 1 fully saturated rings. The Morgan fingerprint density at radius 3 is 2.63 bits per heavy atom. The molecular formula is C21H21F3N4O2. The van der Waals surface area contributed by atoms with E-state index in [0.717, 1.165) is 11.6 Å². The van der Waals surface area contributed by atoms with Crippen molar-refractivity contribution in [2.75, 3.05) is 23.4 Å². The van der Waals surface area contributed by atoms with Crippen LogP contribution in [-0.4, -0.2) is 41.7 Å². The molecule has 0 spiro atoms. The van der Waals surface area contributed by atoms with E-state index in [0.29, 0.717) is 5.69 Å². The zero-order chi connectivity index (χ0) is 22.2. The number of pyridine rings is 1. The first-order chi connectivity index (χ1) is 14.0. The molecule has 1 aromatic heterocycles. The average molecular weight is 418 g/mol. The molecule has 1 aliphatic rings. The number of aryl methyl sites for hydroxylation is 2. The summed E-state index contributed by atoms with van der Waals surface area (Å²) in [6.07, 6.45) is -5.66. The van der Waals surface area contributed by atoms with E-state index in [-0.39, 0.29) is 24.5 Å². The molecule has 2 heterocycles. The molecular weight excluding hydrogens is 397 g/mol. The highest BCUT2D eigenvalue weighted by Gasteiger charge is 2.42. The summed E-state index contributed by atoms with van der Waals surface area (Å²) in [7, 11) is 1.57. The van der Waals surface area contributed by atoms with Gasteiger partial charge in [0.05, 0.1) is 11.7 Å². The number of carbonyl (C=O) groups excluding carboxylic acids is 1. The van der Waals surface area contributed by atoms with Gasteiger partial charge in [-0.25, -0.2) is 4.98 Å². The number of hydrogen-bond donors (Lipinski definition) is 1. The molecule has 0 radical (unpaired) electrons. The van der Waals surface area contributed by atoms with Gasteiger partial charge in [-0.1, -0.05) is 12.1 Å². The molecule has 6 nitrogen and oxygen atoms in total. The summed E-state index contributed by atoms with van der Waals surface area (Å²) in [6.45, 7) is 3.17. The van der Waals surface area contributed by atoms with E-state index in [4.69, 9.17) is 0 Å². The van der Waals surface area contributed by atoms with Gasteiger partial charge in [-0.2, -0.15) is 18.4 Å². The van der Waals surface area contributed by atoms with Crippen LogP contribution < -0.4 is 9.80 Å². The molecule has 1 aliphatic heterocycles. The number of anilines is 2. The van der Waals surface area contributed by atoms with Crippen LogP contribution in [0.15, 0.2) is 30.3 Å². The number of aliphatic hydroxyl groups excluding tert-OH is 1. The van der Waals surface area contributed by atoms with Crippen molar-refractivity contribution in [2.45, 2.75) is 38.6 Å². The van der Waals surface area contributed by atoms with Crippen LogP contribution in [0.25, 0.3) is 0 Å². The zero-order valence-electron chi connectivity index (χ0n) is 16.7. The highest BCUT2D eigenvalue weighted by Crippen LogP contribution is 2.38. The molecule has 1 amide bonds. The van der Waals surface area contributed by atoms with Crippen LogP contribution >= 0.6 is 0 Å². The first-order valence-corrected chi connectivity index (χ1v) is 9.30. The number of halogens is 3. The number of aliphatic hydroxyl groups is 1. The summed E-state index contributed by atoms with van der Waals surface area (Å²) < 4.78 is 40.4. The van der Waals surface area contributed by atoms with Crippen LogP contribution in [-0.2, 0) is 11.0 Å². The molecule has 0 saturated carbocycles. The maximum absolute atomic E-state index is 13.5. The molecule has 2 atom stereocenters. The van der Waals surface area contributed by atoms with Gasteiger partial charge in [0.1, 0.15) is 23.5 Å². The van der Waals surface area contributed by atoms with Gasteiger partial charge in [-0.3, -0.25) is 4.79 Å². The van der Waals surface area contributed by atoms with Crippen molar-refractivity contribution < 1.29 is 23.1 Å². The van der Waals surface area contributed by atoms with E-state index in [9.17, 15) is 28.3 Å². The van der Waals surface area contributed by atoms with E-state index in [1.807, 2.05) is 13.0 Å². The van der Waals surface area contributed by atoms with E-state index < -0.39 is 35.4 Å². The Kier molecular flexibility index (Phi) is 5.72. The maximum Gasteiger partial charge on any atom is 0.417 e. The van der Waals surface area contributed by atoms with Crippen LogP contribution in [0.2, 0.25) is 0 Å². The van der Waals surface area contributed by atoms with E-state index in [2.05, 4.69) is 4.98 Å². The summed E-state index contributed by atoms with van der Waals surface area (Å²) in [5.41, 5.74) is -0.131. The Labute approximate surface area is 172 Å². The fourth-order valence-electron chi connectivity index (χ4n) is 3.67. The maximum atomic E-state index is 13.5. The molecule has 0 aliphatic carbocycles. The molecule has 158 valence electrons. The fraction of sp³-hybridized carbons (Fsp3) is 0.381. The van der Waals surface area contributed by atoms with Crippen molar-refractivity contribution in [3.8, 4) is 6.07 Å². The van der Waals surface area contributed by atoms with Crippen molar-refractivity contribution in [2.24, 2.45) is 0 Å². The van der Waals surface area contributed by atoms with Gasteiger partial charge >= 0.3 is 6.18 Å². The monoisotopic (exact) mass is 418 g/mol. The summed E-state index contributed by atoms with van der Waals surface area (Å²) in [6, 6.07) is 8.67. The normalized spacial score (nSPS) is 18.9. The minimum Gasteiger partial charge on any atom is -0.391 e. The van der Waals surface area contributed by atoms with Crippen LogP contribution in [0, 0.1) is 25.2 Å². The number of β-amino-alcohol motifs (C(OH)–C–C–N with tert-alkyl or cyclic N) is 1. The molecule has 0 bridgehead atoms. The van der Waals surface area contributed by atoms with Crippen molar-refractivity contribution in [1.29, 1.82) is 5.26 Å². The van der Waals surface area contributed by atoms with Gasteiger partial charge in [0.25, 0.3) is 0 Å². The van der Waals surface area contributed by atoms with Crippen LogP contribution in [0.1, 0.15) is 28.8 Å². The van der Waals surface area contributed by atoms with Crippen LogP contribution in [0.3, 0.4) is 0 Å². The lowest BCUT2D eigenvalue weighted by Gasteiger charge is -2.30. The number of likely N-dealkylation sites (N-methyl/N-ethyl adjacent to an activating group) is 1. The minimum absolute atomic E-state index is 0.0246. The van der Waals surface area contributed by atoms with Crippen molar-refractivity contribution in [3.05, 3.63) is 52.7 Å². The number of hydrogen-bond acceptors (Lipinski definition) is 5. The zero-order valence-corrected chi connectivity index (χ0v) is 16.7. The number of nitriles is 1. The predicted molar refractivity (Wildman–Crippen MR) is 105 cm³/mol. The Balaban J connectivity index is 2.04.